The number of likely N-dealkylation sites (tertiary alicyclic amines) is 1. The number of nitrogens with zero attached hydrogens (tertiary/aromatic N) is 2. The van der Waals surface area contributed by atoms with Gasteiger partial charge in [0.15, 0.2) is 0 Å². The lowest BCUT2D eigenvalue weighted by molar-refractivity contribution is -0.132. The van der Waals surface area contributed by atoms with E-state index in [0.29, 0.717) is 25.6 Å². The van der Waals surface area contributed by atoms with E-state index in [1.54, 1.807) is 0 Å². The maximum atomic E-state index is 12.5. The highest BCUT2D eigenvalue weighted by Gasteiger charge is 2.53. The van der Waals surface area contributed by atoms with Gasteiger partial charge in [0.1, 0.15) is 0 Å². The minimum Gasteiger partial charge on any atom is -0.387 e. The van der Waals surface area contributed by atoms with Gasteiger partial charge in [-0.1, -0.05) is 37.3 Å². The van der Waals surface area contributed by atoms with Crippen LogP contribution in [-0.4, -0.2) is 53.1 Å². The molecule has 120 valence electrons. The van der Waals surface area contributed by atoms with Crippen LogP contribution >= 0.6 is 0 Å². The molecule has 1 aromatic rings. The van der Waals surface area contributed by atoms with Crippen LogP contribution < -0.4 is 0 Å². The number of hydrogen-bond donors (Lipinski definition) is 1. The summed E-state index contributed by atoms with van der Waals surface area (Å²) in [6.07, 6.45) is 2.22. The zero-order chi connectivity index (χ0) is 15.7. The van der Waals surface area contributed by atoms with Crippen LogP contribution in [0.15, 0.2) is 30.3 Å². The minimum atomic E-state index is -0.645. The number of benzene rings is 1. The smallest absolute Gasteiger partial charge is 0.236 e. The summed E-state index contributed by atoms with van der Waals surface area (Å²) >= 11 is 0. The zero-order valence-electron chi connectivity index (χ0n) is 13.5. The Hall–Kier alpha value is -1.39. The van der Waals surface area contributed by atoms with Gasteiger partial charge in [-0.3, -0.25) is 9.69 Å². The second-order valence-electron chi connectivity index (χ2n) is 7.10. The second kappa shape index (κ2) is 6.01. The fourth-order valence-electron chi connectivity index (χ4n) is 3.60. The molecular weight excluding hydrogens is 276 g/mol. The van der Waals surface area contributed by atoms with Crippen LogP contribution in [0.3, 0.4) is 0 Å². The summed E-state index contributed by atoms with van der Waals surface area (Å²) < 4.78 is 0. The summed E-state index contributed by atoms with van der Waals surface area (Å²) in [7, 11) is 1.97. The van der Waals surface area contributed by atoms with Gasteiger partial charge in [0.25, 0.3) is 0 Å². The third-order valence-corrected chi connectivity index (χ3v) is 5.13. The van der Waals surface area contributed by atoms with Gasteiger partial charge < -0.3 is 10.0 Å². The van der Waals surface area contributed by atoms with E-state index < -0.39 is 5.60 Å². The van der Waals surface area contributed by atoms with Gasteiger partial charge in [0.2, 0.25) is 5.91 Å². The fraction of sp³-hybridized carbons (Fsp3) is 0.611. The van der Waals surface area contributed by atoms with Gasteiger partial charge in [-0.2, -0.15) is 0 Å². The van der Waals surface area contributed by atoms with E-state index in [1.165, 1.54) is 5.56 Å². The molecule has 3 rings (SSSR count). The molecule has 4 heteroatoms. The molecule has 22 heavy (non-hydrogen) atoms. The molecule has 2 aliphatic rings. The lowest BCUT2D eigenvalue weighted by Gasteiger charge is -2.27. The SMILES string of the molecule is C[C@@H]1CN(C(=O)CN(C)Cc2ccccc2)C[C@@]1(O)C1CC1. The van der Waals surface area contributed by atoms with Crippen LogP contribution in [0.5, 0.6) is 0 Å². The first-order valence-electron chi connectivity index (χ1n) is 8.21. The molecule has 1 amide bonds. The molecule has 2 fully saturated rings. The summed E-state index contributed by atoms with van der Waals surface area (Å²) in [6.45, 7) is 4.44. The summed E-state index contributed by atoms with van der Waals surface area (Å²) in [5.74, 6) is 0.715. The molecule has 0 radical (unpaired) electrons. The van der Waals surface area contributed by atoms with E-state index in [0.717, 1.165) is 19.4 Å². The molecule has 0 spiro atoms. The zero-order valence-corrected chi connectivity index (χ0v) is 13.5. The summed E-state index contributed by atoms with van der Waals surface area (Å²) in [4.78, 5) is 16.4. The highest BCUT2D eigenvalue weighted by atomic mass is 16.3. The Morgan fingerprint density at radius 2 is 2.05 bits per heavy atom. The molecule has 2 atom stereocenters. The number of carbonyl (C=O) groups is 1. The van der Waals surface area contributed by atoms with Crippen molar-refractivity contribution in [2.75, 3.05) is 26.7 Å². The first-order chi connectivity index (χ1) is 10.5. The van der Waals surface area contributed by atoms with Crippen LogP contribution in [-0.2, 0) is 11.3 Å². The summed E-state index contributed by atoms with van der Waals surface area (Å²) in [5.41, 5.74) is 0.565. The number of rotatable bonds is 5. The van der Waals surface area contributed by atoms with Gasteiger partial charge in [-0.05, 0) is 31.4 Å². The standard InChI is InChI=1S/C18H26N2O2/c1-14-10-20(13-18(14,22)16-8-9-16)17(21)12-19(2)11-15-6-4-3-5-7-15/h3-7,14,16,22H,8-13H2,1-2H3/t14-,18+/m1/s1. The monoisotopic (exact) mass is 302 g/mol. The summed E-state index contributed by atoms with van der Waals surface area (Å²) in [6, 6.07) is 10.2. The Balaban J connectivity index is 1.54. The van der Waals surface area contributed by atoms with Gasteiger partial charge in [0, 0.05) is 19.0 Å². The van der Waals surface area contributed by atoms with Crippen molar-refractivity contribution in [2.24, 2.45) is 11.8 Å². The van der Waals surface area contributed by atoms with Gasteiger partial charge in [-0.25, -0.2) is 0 Å². The van der Waals surface area contributed by atoms with Crippen molar-refractivity contribution < 1.29 is 9.90 Å². The van der Waals surface area contributed by atoms with E-state index >= 15 is 0 Å². The van der Waals surface area contributed by atoms with E-state index in [2.05, 4.69) is 19.1 Å². The number of carbonyl (C=O) groups excluding carboxylic acids is 1. The third kappa shape index (κ3) is 3.18. The molecule has 1 N–H and O–H groups in total. The van der Waals surface area contributed by atoms with Crippen molar-refractivity contribution in [3.8, 4) is 0 Å². The van der Waals surface area contributed by atoms with Gasteiger partial charge in [0.05, 0.1) is 18.7 Å². The topological polar surface area (TPSA) is 43.8 Å². The van der Waals surface area contributed by atoms with E-state index in [9.17, 15) is 9.90 Å². The minimum absolute atomic E-state index is 0.127. The highest BCUT2D eigenvalue weighted by molar-refractivity contribution is 5.78. The quantitative estimate of drug-likeness (QED) is 0.901. The van der Waals surface area contributed by atoms with Crippen molar-refractivity contribution in [1.29, 1.82) is 0 Å². The number of β-amino-alcohol motifs (C(OH)–C–C–N with tert-alkyl or cyclic N) is 1. The Bertz CT molecular complexity index is 529. The van der Waals surface area contributed by atoms with Crippen molar-refractivity contribution in [2.45, 2.75) is 31.9 Å². The van der Waals surface area contributed by atoms with Crippen LogP contribution in [0, 0.1) is 11.8 Å². The normalized spacial score (nSPS) is 28.4. The summed E-state index contributed by atoms with van der Waals surface area (Å²) in [5, 5.41) is 10.8. The maximum Gasteiger partial charge on any atom is 0.236 e. The van der Waals surface area contributed by atoms with Crippen LogP contribution in [0.25, 0.3) is 0 Å². The first-order valence-corrected chi connectivity index (χ1v) is 8.21. The number of likely N-dealkylation sites (N-methyl/N-ethyl adjacent to an activating group) is 1. The second-order valence-corrected chi connectivity index (χ2v) is 7.10. The molecule has 1 aliphatic heterocycles. The predicted molar refractivity (Wildman–Crippen MR) is 86.2 cm³/mol. The van der Waals surface area contributed by atoms with Crippen molar-refractivity contribution >= 4 is 5.91 Å². The number of aliphatic hydroxyl groups is 1. The molecule has 0 unspecified atom stereocenters. The molecule has 1 heterocycles. The van der Waals surface area contributed by atoms with Crippen molar-refractivity contribution in [3.05, 3.63) is 35.9 Å². The fourth-order valence-corrected chi connectivity index (χ4v) is 3.60. The molecule has 0 bridgehead atoms. The third-order valence-electron chi connectivity index (χ3n) is 5.13. The van der Waals surface area contributed by atoms with Gasteiger partial charge >= 0.3 is 0 Å². The molecule has 1 saturated carbocycles. The highest BCUT2D eigenvalue weighted by Crippen LogP contribution is 2.46. The predicted octanol–water partition coefficient (Wildman–Crippen LogP) is 1.74. The molecule has 0 aromatic heterocycles. The molecular formula is C18H26N2O2. The van der Waals surface area contributed by atoms with E-state index in [1.807, 2.05) is 35.0 Å². The Labute approximate surface area is 132 Å². The van der Waals surface area contributed by atoms with Crippen LogP contribution in [0.1, 0.15) is 25.3 Å². The van der Waals surface area contributed by atoms with Crippen LogP contribution in [0.2, 0.25) is 0 Å². The average molecular weight is 302 g/mol. The van der Waals surface area contributed by atoms with Gasteiger partial charge in [-0.15, -0.1) is 0 Å². The molecule has 1 aromatic carbocycles. The molecule has 1 aliphatic carbocycles. The Morgan fingerprint density at radius 1 is 1.36 bits per heavy atom. The maximum absolute atomic E-state index is 12.5. The molecule has 1 saturated heterocycles. The largest absolute Gasteiger partial charge is 0.387 e. The average Bonchev–Trinajstić information content (AvgIpc) is 3.28. The molecule has 4 nitrogen and oxygen atoms in total. The first kappa shape index (κ1) is 15.5. The number of amides is 1. The van der Waals surface area contributed by atoms with E-state index in [4.69, 9.17) is 0 Å². The van der Waals surface area contributed by atoms with Crippen molar-refractivity contribution in [3.63, 3.8) is 0 Å². The number of hydrogen-bond acceptors (Lipinski definition) is 3. The van der Waals surface area contributed by atoms with Crippen molar-refractivity contribution in [1.82, 2.24) is 9.80 Å². The lowest BCUT2D eigenvalue weighted by Crippen LogP contribution is -2.42. The van der Waals surface area contributed by atoms with Crippen LogP contribution in [0.4, 0.5) is 0 Å². The lowest BCUT2D eigenvalue weighted by atomic mass is 9.88. The Morgan fingerprint density at radius 3 is 2.68 bits per heavy atom. The van der Waals surface area contributed by atoms with E-state index in [-0.39, 0.29) is 11.8 Å². The Kier molecular flexibility index (Phi) is 4.24.